The van der Waals surface area contributed by atoms with Gasteiger partial charge < -0.3 is 15.2 Å². The molecular weight excluding hydrogens is 483 g/mol. The lowest BCUT2D eigenvalue weighted by Crippen LogP contribution is -2.44. The summed E-state index contributed by atoms with van der Waals surface area (Å²) >= 11 is 1.72. The average Bonchev–Trinajstić information content (AvgIpc) is 3.35. The van der Waals surface area contributed by atoms with Crippen molar-refractivity contribution in [2.75, 3.05) is 19.3 Å². The highest BCUT2D eigenvalue weighted by Gasteiger charge is 2.23. The lowest BCUT2D eigenvalue weighted by Gasteiger charge is -2.24. The van der Waals surface area contributed by atoms with Gasteiger partial charge in [0, 0.05) is 31.6 Å². The van der Waals surface area contributed by atoms with Crippen molar-refractivity contribution < 1.29 is 0 Å². The number of hydrogen-bond donors (Lipinski definition) is 2. The molecule has 0 amide bonds. The minimum Gasteiger partial charge on any atom is -0.357 e. The first-order valence-electron chi connectivity index (χ1n) is 10.8. The quantitative estimate of drug-likeness (QED) is 0.173. The zero-order valence-electron chi connectivity index (χ0n) is 17.5. The third kappa shape index (κ3) is 6.78. The Morgan fingerprint density at radius 3 is 2.50 bits per heavy atom. The number of guanidine groups is 1. The number of rotatable bonds is 8. The molecule has 8 heteroatoms. The van der Waals surface area contributed by atoms with Gasteiger partial charge in [0.1, 0.15) is 5.82 Å². The van der Waals surface area contributed by atoms with Crippen molar-refractivity contribution >= 4 is 41.7 Å². The molecule has 6 nitrogen and oxygen atoms in total. The number of nitrogens with zero attached hydrogens (tertiary/aromatic N) is 4. The van der Waals surface area contributed by atoms with Crippen LogP contribution in [-0.2, 0) is 6.42 Å². The van der Waals surface area contributed by atoms with Crippen LogP contribution in [0.25, 0.3) is 0 Å². The first-order chi connectivity index (χ1) is 13.3. The Kier molecular flexibility index (Phi) is 11.0. The molecule has 0 saturated heterocycles. The molecule has 2 fully saturated rings. The molecule has 1 aromatic heterocycles. The van der Waals surface area contributed by atoms with Gasteiger partial charge in [-0.2, -0.15) is 0 Å². The van der Waals surface area contributed by atoms with Crippen molar-refractivity contribution in [1.82, 2.24) is 25.4 Å². The van der Waals surface area contributed by atoms with E-state index in [2.05, 4.69) is 38.6 Å². The second kappa shape index (κ2) is 12.9. The van der Waals surface area contributed by atoms with Gasteiger partial charge in [0.2, 0.25) is 0 Å². The topological polar surface area (TPSA) is 67.1 Å². The van der Waals surface area contributed by atoms with E-state index >= 15 is 0 Å². The number of hydrogen-bond acceptors (Lipinski definition) is 4. The van der Waals surface area contributed by atoms with E-state index in [0.29, 0.717) is 12.1 Å². The summed E-state index contributed by atoms with van der Waals surface area (Å²) in [6, 6.07) is 1.19. The summed E-state index contributed by atoms with van der Waals surface area (Å²) in [5.41, 5.74) is 0. The van der Waals surface area contributed by atoms with Crippen LogP contribution >= 0.6 is 35.7 Å². The van der Waals surface area contributed by atoms with E-state index in [4.69, 9.17) is 4.99 Å². The second-order valence-corrected chi connectivity index (χ2v) is 8.53. The smallest absolute Gasteiger partial charge is 0.191 e. The van der Waals surface area contributed by atoms with Gasteiger partial charge in [-0.05, 0) is 45.3 Å². The molecule has 2 saturated carbocycles. The number of nitrogens with one attached hydrogen (secondary N) is 2. The molecule has 1 heterocycles. The molecule has 0 aliphatic heterocycles. The molecule has 160 valence electrons. The second-order valence-electron chi connectivity index (χ2n) is 7.75. The Balaban J connectivity index is 0.00000280. The highest BCUT2D eigenvalue weighted by atomic mass is 127. The van der Waals surface area contributed by atoms with E-state index in [1.807, 2.05) is 0 Å². The summed E-state index contributed by atoms with van der Waals surface area (Å²) in [5, 5.41) is 17.0. The van der Waals surface area contributed by atoms with Gasteiger partial charge in [-0.25, -0.2) is 0 Å². The maximum Gasteiger partial charge on any atom is 0.191 e. The monoisotopic (exact) mass is 520 g/mol. The minimum absolute atomic E-state index is 0. The molecule has 2 aliphatic carbocycles. The molecule has 2 N–H and O–H groups in total. The summed E-state index contributed by atoms with van der Waals surface area (Å²) in [4.78, 5) is 4.81. The van der Waals surface area contributed by atoms with Gasteiger partial charge >= 0.3 is 0 Å². The minimum atomic E-state index is 0. The molecular formula is C20H37IN6S. The van der Waals surface area contributed by atoms with Gasteiger partial charge in [-0.15, -0.1) is 34.2 Å². The number of halogens is 1. The van der Waals surface area contributed by atoms with Crippen LogP contribution in [0.1, 0.15) is 83.0 Å². The zero-order valence-corrected chi connectivity index (χ0v) is 20.6. The third-order valence-corrected chi connectivity index (χ3v) is 6.37. The summed E-state index contributed by atoms with van der Waals surface area (Å²) in [5.74, 6) is 2.12. The molecule has 1 aromatic rings. The van der Waals surface area contributed by atoms with Crippen LogP contribution in [0.15, 0.2) is 10.1 Å². The van der Waals surface area contributed by atoms with Crippen LogP contribution in [0.3, 0.4) is 0 Å². The van der Waals surface area contributed by atoms with E-state index < -0.39 is 0 Å². The van der Waals surface area contributed by atoms with Crippen molar-refractivity contribution in [2.45, 2.75) is 94.8 Å². The summed E-state index contributed by atoms with van der Waals surface area (Å²) in [6.45, 7) is 3.87. The molecule has 0 spiro atoms. The first-order valence-corrected chi connectivity index (χ1v) is 12.1. The molecule has 2 aliphatic rings. The molecule has 0 unspecified atom stereocenters. The van der Waals surface area contributed by atoms with Crippen molar-refractivity contribution in [3.05, 3.63) is 5.82 Å². The summed E-state index contributed by atoms with van der Waals surface area (Å²) < 4.78 is 2.41. The number of thioether (sulfide) groups is 1. The summed E-state index contributed by atoms with van der Waals surface area (Å²) in [6.07, 6.45) is 15.9. The van der Waals surface area contributed by atoms with Crippen LogP contribution < -0.4 is 10.6 Å². The van der Waals surface area contributed by atoms with Gasteiger partial charge in [0.15, 0.2) is 11.1 Å². The van der Waals surface area contributed by atoms with Gasteiger partial charge in [0.05, 0.1) is 0 Å². The number of aryl methyl sites for hydroxylation is 1. The van der Waals surface area contributed by atoms with Crippen molar-refractivity contribution in [3.8, 4) is 0 Å². The standard InChI is InChI=1S/C20H36N6S.HI/c1-3-21-19(23-16-10-5-4-6-11-16)22-15-9-14-18-24-25-20(27-2)26(18)17-12-7-8-13-17;/h16-17H,3-15H2,1-2H3,(H2,21,22,23);1H. The largest absolute Gasteiger partial charge is 0.357 e. The van der Waals surface area contributed by atoms with Crippen LogP contribution in [0.2, 0.25) is 0 Å². The fourth-order valence-electron chi connectivity index (χ4n) is 4.33. The Labute approximate surface area is 191 Å². The van der Waals surface area contributed by atoms with Crippen molar-refractivity contribution in [1.29, 1.82) is 0 Å². The maximum absolute atomic E-state index is 4.81. The Morgan fingerprint density at radius 2 is 1.82 bits per heavy atom. The van der Waals surface area contributed by atoms with Crippen molar-refractivity contribution in [2.24, 2.45) is 4.99 Å². The van der Waals surface area contributed by atoms with E-state index in [0.717, 1.165) is 42.9 Å². The fraction of sp³-hybridized carbons (Fsp3) is 0.850. The lowest BCUT2D eigenvalue weighted by atomic mass is 9.96. The Morgan fingerprint density at radius 1 is 1.11 bits per heavy atom. The summed E-state index contributed by atoms with van der Waals surface area (Å²) in [7, 11) is 0. The number of aliphatic imine (C=N–C) groups is 1. The average molecular weight is 521 g/mol. The predicted octanol–water partition coefficient (Wildman–Crippen LogP) is 4.55. The van der Waals surface area contributed by atoms with Gasteiger partial charge in [0.25, 0.3) is 0 Å². The van der Waals surface area contributed by atoms with Crippen LogP contribution in [0, 0.1) is 0 Å². The first kappa shape index (κ1) is 23.8. The van der Waals surface area contributed by atoms with E-state index in [1.165, 1.54) is 57.8 Å². The van der Waals surface area contributed by atoms with Crippen LogP contribution in [0.5, 0.6) is 0 Å². The van der Waals surface area contributed by atoms with Crippen molar-refractivity contribution in [3.63, 3.8) is 0 Å². The molecule has 0 atom stereocenters. The maximum atomic E-state index is 4.81. The van der Waals surface area contributed by atoms with Crippen LogP contribution in [-0.4, -0.2) is 46.1 Å². The van der Waals surface area contributed by atoms with E-state index in [-0.39, 0.29) is 24.0 Å². The third-order valence-electron chi connectivity index (χ3n) is 5.73. The zero-order chi connectivity index (χ0) is 18.9. The Bertz CT molecular complexity index is 594. The highest BCUT2D eigenvalue weighted by molar-refractivity contribution is 14.0. The highest BCUT2D eigenvalue weighted by Crippen LogP contribution is 2.33. The van der Waals surface area contributed by atoms with Gasteiger partial charge in [-0.3, -0.25) is 4.99 Å². The normalized spacial score (nSPS) is 18.9. The Hall–Kier alpha value is -0.510. The van der Waals surface area contributed by atoms with E-state index in [9.17, 15) is 0 Å². The predicted molar refractivity (Wildman–Crippen MR) is 129 cm³/mol. The molecule has 0 radical (unpaired) electrons. The molecule has 0 aromatic carbocycles. The SMILES string of the molecule is CCNC(=NCCCc1nnc(SC)n1C1CCCC1)NC1CCCCC1.I. The number of aromatic nitrogens is 3. The van der Waals surface area contributed by atoms with Crippen LogP contribution in [0.4, 0.5) is 0 Å². The van der Waals surface area contributed by atoms with E-state index in [1.54, 1.807) is 11.8 Å². The van der Waals surface area contributed by atoms with Gasteiger partial charge in [-0.1, -0.05) is 43.9 Å². The molecule has 0 bridgehead atoms. The molecule has 3 rings (SSSR count). The molecule has 28 heavy (non-hydrogen) atoms. The fourth-order valence-corrected chi connectivity index (χ4v) is 4.91. The lowest BCUT2D eigenvalue weighted by molar-refractivity contribution is 0.410.